The lowest BCUT2D eigenvalue weighted by molar-refractivity contribution is -0.144. The highest BCUT2D eigenvalue weighted by molar-refractivity contribution is 7.91. The summed E-state index contributed by atoms with van der Waals surface area (Å²) in [6.07, 6.45) is -1.05. The van der Waals surface area contributed by atoms with E-state index in [1.54, 1.807) is 18.2 Å². The molecular weight excluding hydrogens is 545 g/mol. The first kappa shape index (κ1) is 26.2. The number of rotatable bonds is 6. The topological polar surface area (TPSA) is 124 Å². The molecule has 206 valence electrons. The minimum Gasteiger partial charge on any atom is -0.321 e. The number of pyridine rings is 3. The number of nitrogens with zero attached hydrogens (tertiary/aromatic N) is 6. The van der Waals surface area contributed by atoms with E-state index in [1.807, 2.05) is 0 Å². The molecule has 13 heteroatoms. The van der Waals surface area contributed by atoms with Gasteiger partial charge in [0, 0.05) is 24.8 Å². The molecule has 4 aromatic heterocycles. The van der Waals surface area contributed by atoms with Crippen LogP contribution >= 0.6 is 0 Å². The average molecular weight is 569 g/mol. The van der Waals surface area contributed by atoms with E-state index >= 15 is 0 Å². The molecule has 4 aromatic rings. The van der Waals surface area contributed by atoms with E-state index in [2.05, 4.69) is 21.0 Å². The molecule has 2 fully saturated rings. The second-order valence-electron chi connectivity index (χ2n) is 10.2. The first-order valence-corrected chi connectivity index (χ1v) is 14.4. The molecule has 40 heavy (non-hydrogen) atoms. The predicted octanol–water partition coefficient (Wildman–Crippen LogP) is 4.56. The van der Waals surface area contributed by atoms with Crippen LogP contribution in [0.15, 0.2) is 46.2 Å². The molecule has 0 radical (unpaired) electrons. The quantitative estimate of drug-likeness (QED) is 0.334. The zero-order valence-corrected chi connectivity index (χ0v) is 22.3. The van der Waals surface area contributed by atoms with Crippen LogP contribution in [0.2, 0.25) is 0 Å². The van der Waals surface area contributed by atoms with Gasteiger partial charge in [-0.2, -0.15) is 18.4 Å². The molecule has 2 saturated carbocycles. The lowest BCUT2D eigenvalue weighted by atomic mass is 10.0. The van der Waals surface area contributed by atoms with E-state index in [0.29, 0.717) is 42.6 Å². The number of nitriles is 1. The Kier molecular flexibility index (Phi) is 5.71. The molecule has 0 saturated heterocycles. The molecule has 9 nitrogen and oxygen atoms in total. The van der Waals surface area contributed by atoms with Gasteiger partial charge in [0.05, 0.1) is 39.0 Å². The summed E-state index contributed by atoms with van der Waals surface area (Å²) in [5, 5.41) is 9.56. The molecule has 4 heterocycles. The smallest absolute Gasteiger partial charge is 0.321 e. The minimum atomic E-state index is -4.77. The zero-order valence-electron chi connectivity index (χ0n) is 21.5. The van der Waals surface area contributed by atoms with Gasteiger partial charge in [-0.3, -0.25) is 19.3 Å². The maximum absolute atomic E-state index is 13.9. The number of hydrogen-bond acceptors (Lipinski definition) is 7. The Morgan fingerprint density at radius 3 is 2.50 bits per heavy atom. The summed E-state index contributed by atoms with van der Waals surface area (Å²) in [7, 11) is -2.45. The summed E-state index contributed by atoms with van der Waals surface area (Å²) in [4.78, 5) is 26.4. The summed E-state index contributed by atoms with van der Waals surface area (Å²) in [6, 6.07) is 9.17. The summed E-state index contributed by atoms with van der Waals surface area (Å²) in [6.45, 7) is 1.47. The van der Waals surface area contributed by atoms with Gasteiger partial charge in [-0.25, -0.2) is 13.4 Å². The molecule has 0 N–H and O–H groups in total. The highest BCUT2D eigenvalue weighted by atomic mass is 32.2. The van der Waals surface area contributed by atoms with Crippen molar-refractivity contribution in [1.82, 2.24) is 24.1 Å². The normalized spacial score (nSPS) is 16.7. The van der Waals surface area contributed by atoms with Gasteiger partial charge in [0.25, 0.3) is 5.56 Å². The Balaban J connectivity index is 1.55. The minimum absolute atomic E-state index is 0.0459. The largest absolute Gasteiger partial charge is 0.431 e. The Bertz CT molecular complexity index is 1910. The van der Waals surface area contributed by atoms with E-state index < -0.39 is 38.7 Å². The van der Waals surface area contributed by atoms with Crippen molar-refractivity contribution in [2.75, 3.05) is 5.75 Å². The number of aromatic nitrogens is 5. The van der Waals surface area contributed by atoms with E-state index in [9.17, 15) is 31.6 Å². The highest BCUT2D eigenvalue weighted by Crippen LogP contribution is 2.47. The van der Waals surface area contributed by atoms with Crippen LogP contribution in [0.1, 0.15) is 50.0 Å². The fraction of sp³-hybridized carbons (Fsp3) is 0.370. The van der Waals surface area contributed by atoms with E-state index in [0.717, 1.165) is 10.6 Å². The number of sulfone groups is 1. The third-order valence-corrected chi connectivity index (χ3v) is 9.30. The molecule has 0 atom stereocenters. The van der Waals surface area contributed by atoms with Crippen molar-refractivity contribution < 1.29 is 21.6 Å². The van der Waals surface area contributed by atoms with Crippen molar-refractivity contribution in [3.8, 4) is 28.8 Å². The predicted molar refractivity (Wildman–Crippen MR) is 139 cm³/mol. The van der Waals surface area contributed by atoms with Gasteiger partial charge < -0.3 is 4.57 Å². The van der Waals surface area contributed by atoms with Crippen LogP contribution in [-0.4, -0.2) is 38.3 Å². The van der Waals surface area contributed by atoms with Crippen LogP contribution in [0.3, 0.4) is 0 Å². The van der Waals surface area contributed by atoms with Crippen LogP contribution < -0.4 is 5.56 Å². The highest BCUT2D eigenvalue weighted by Gasteiger charge is 2.46. The Labute approximate surface area is 226 Å². The molecule has 2 aliphatic carbocycles. The van der Waals surface area contributed by atoms with Gasteiger partial charge in [-0.1, -0.05) is 13.0 Å². The summed E-state index contributed by atoms with van der Waals surface area (Å²) in [5.74, 6) is -0.317. The average Bonchev–Trinajstić information content (AvgIpc) is 3.86. The third-order valence-electron chi connectivity index (χ3n) is 7.56. The molecule has 0 bridgehead atoms. The molecule has 6 rings (SSSR count). The number of halogens is 3. The standard InChI is InChI=1S/C27H23F3N6O3S/c1-3-40(38,39)19-11-15(17-5-4-6-20(33-17)26(14-31)9-10-26)13-32-22(19)24-34-18-12-21(27(28,29)30)36(16-7-8-16)25(37)23(18)35(24)2/h4-6,11-13,16H,3,7-10H2,1-2H3. The maximum Gasteiger partial charge on any atom is 0.431 e. The van der Waals surface area contributed by atoms with E-state index in [1.165, 1.54) is 30.8 Å². The molecule has 0 amide bonds. The maximum atomic E-state index is 13.9. The van der Waals surface area contributed by atoms with Crippen LogP contribution in [0, 0.1) is 11.3 Å². The zero-order chi connectivity index (χ0) is 28.6. The molecule has 0 aromatic carbocycles. The number of fused-ring (bicyclic) bond motifs is 1. The SMILES string of the molecule is CCS(=O)(=O)c1cc(-c2cccc(C3(C#N)CC3)n2)cnc1-c1nc2cc(C(F)(F)F)n(C3CC3)c(=O)c2n1C. The van der Waals surface area contributed by atoms with Gasteiger partial charge in [0.15, 0.2) is 15.7 Å². The Hall–Kier alpha value is -4.05. The van der Waals surface area contributed by atoms with Crippen molar-refractivity contribution in [2.45, 2.75) is 55.1 Å². The molecule has 2 aliphatic rings. The van der Waals surface area contributed by atoms with Gasteiger partial charge in [0.1, 0.15) is 16.9 Å². The monoisotopic (exact) mass is 568 g/mol. The summed E-state index contributed by atoms with van der Waals surface area (Å²) >= 11 is 0. The van der Waals surface area contributed by atoms with E-state index in [-0.39, 0.29) is 33.2 Å². The van der Waals surface area contributed by atoms with Crippen molar-refractivity contribution >= 4 is 20.9 Å². The summed E-state index contributed by atoms with van der Waals surface area (Å²) in [5.41, 5.74) is -1.49. The molecular formula is C27H23F3N6O3S. The van der Waals surface area contributed by atoms with Crippen molar-refractivity contribution in [3.05, 3.63) is 58.3 Å². The van der Waals surface area contributed by atoms with E-state index in [4.69, 9.17) is 0 Å². The lowest BCUT2D eigenvalue weighted by Gasteiger charge is -2.15. The molecule has 0 unspecified atom stereocenters. The molecule has 0 spiro atoms. The third kappa shape index (κ3) is 4.09. The number of alkyl halides is 3. The van der Waals surface area contributed by atoms with Crippen molar-refractivity contribution in [3.63, 3.8) is 0 Å². The second kappa shape index (κ2) is 8.72. The lowest BCUT2D eigenvalue weighted by Crippen LogP contribution is -2.28. The second-order valence-corrected chi connectivity index (χ2v) is 12.5. The first-order chi connectivity index (χ1) is 18.9. The van der Waals surface area contributed by atoms with Crippen LogP contribution in [0.4, 0.5) is 13.2 Å². The van der Waals surface area contributed by atoms with Crippen molar-refractivity contribution in [2.24, 2.45) is 7.05 Å². The molecule has 0 aliphatic heterocycles. The Morgan fingerprint density at radius 2 is 1.90 bits per heavy atom. The van der Waals surface area contributed by atoms with Crippen LogP contribution in [0.25, 0.3) is 33.8 Å². The fourth-order valence-corrected chi connectivity index (χ4v) is 6.03. The summed E-state index contributed by atoms with van der Waals surface area (Å²) < 4.78 is 70.1. The van der Waals surface area contributed by atoms with Crippen LogP contribution in [-0.2, 0) is 28.5 Å². The van der Waals surface area contributed by atoms with Crippen molar-refractivity contribution in [1.29, 1.82) is 5.26 Å². The van der Waals surface area contributed by atoms with Gasteiger partial charge in [0.2, 0.25) is 0 Å². The van der Waals surface area contributed by atoms with Crippen LogP contribution in [0.5, 0.6) is 0 Å². The van der Waals surface area contributed by atoms with Gasteiger partial charge in [-0.15, -0.1) is 0 Å². The van der Waals surface area contributed by atoms with Gasteiger partial charge in [-0.05, 0) is 49.9 Å². The number of aryl methyl sites for hydroxylation is 1. The Morgan fingerprint density at radius 1 is 1.18 bits per heavy atom. The number of hydrogen-bond donors (Lipinski definition) is 0. The first-order valence-electron chi connectivity index (χ1n) is 12.7. The fourth-order valence-electron chi connectivity index (χ4n) is 4.98. The van der Waals surface area contributed by atoms with Gasteiger partial charge >= 0.3 is 6.18 Å². The number of imidazole rings is 1.